The highest BCUT2D eigenvalue weighted by Crippen LogP contribution is 2.24. The summed E-state index contributed by atoms with van der Waals surface area (Å²) in [6.45, 7) is 4.82. The van der Waals surface area contributed by atoms with Gasteiger partial charge in [-0.3, -0.25) is 0 Å². The van der Waals surface area contributed by atoms with Crippen molar-refractivity contribution in [2.75, 3.05) is 36.4 Å². The van der Waals surface area contributed by atoms with Gasteiger partial charge in [-0.2, -0.15) is 5.26 Å². The van der Waals surface area contributed by atoms with Gasteiger partial charge in [-0.05, 0) is 60.7 Å². The van der Waals surface area contributed by atoms with Gasteiger partial charge in [-0.15, -0.1) is 0 Å². The van der Waals surface area contributed by atoms with Crippen LogP contribution in [0.2, 0.25) is 0 Å². The van der Waals surface area contributed by atoms with Crippen molar-refractivity contribution in [1.29, 1.82) is 5.26 Å². The van der Waals surface area contributed by atoms with Crippen LogP contribution in [0.5, 0.6) is 0 Å². The molecule has 1 fully saturated rings. The van der Waals surface area contributed by atoms with Crippen molar-refractivity contribution in [1.82, 2.24) is 5.32 Å². The van der Waals surface area contributed by atoms with Gasteiger partial charge in [0.15, 0.2) is 0 Å². The molecule has 0 atom stereocenters. The fraction of sp³-hybridized carbons (Fsp3) is 0.227. The molecule has 0 amide bonds. The lowest BCUT2D eigenvalue weighted by atomic mass is 10.1. The molecule has 5 nitrogen and oxygen atoms in total. The summed E-state index contributed by atoms with van der Waals surface area (Å²) in [5.41, 5.74) is 3.96. The second-order valence-corrected chi connectivity index (χ2v) is 6.59. The zero-order valence-electron chi connectivity index (χ0n) is 15.1. The molecule has 0 unspecified atom stereocenters. The van der Waals surface area contributed by atoms with Crippen LogP contribution < -0.4 is 15.5 Å². The van der Waals surface area contributed by atoms with E-state index >= 15 is 0 Å². The molecule has 5 heteroatoms. The molecule has 2 heterocycles. The van der Waals surface area contributed by atoms with Crippen LogP contribution in [-0.4, -0.2) is 26.2 Å². The topological polar surface area (TPSA) is 64.2 Å². The normalized spacial score (nSPS) is 14.0. The first-order valence-corrected chi connectivity index (χ1v) is 9.21. The Morgan fingerprint density at radius 3 is 2.41 bits per heavy atom. The largest absolute Gasteiger partial charge is 0.459 e. The van der Waals surface area contributed by atoms with Crippen LogP contribution in [0.4, 0.5) is 11.4 Å². The van der Waals surface area contributed by atoms with Crippen molar-refractivity contribution in [2.45, 2.75) is 6.54 Å². The summed E-state index contributed by atoms with van der Waals surface area (Å²) in [4.78, 5) is 2.40. The highest BCUT2D eigenvalue weighted by Gasteiger charge is 2.10. The lowest BCUT2D eigenvalue weighted by molar-refractivity contribution is 0.531. The van der Waals surface area contributed by atoms with Gasteiger partial charge in [0.2, 0.25) is 0 Å². The second kappa shape index (κ2) is 7.98. The molecule has 1 aliphatic heterocycles. The average molecular weight is 358 g/mol. The molecule has 2 N–H and O–H groups in total. The molecule has 0 saturated carbocycles. The Balaban J connectivity index is 1.36. The fourth-order valence-corrected chi connectivity index (χ4v) is 3.24. The van der Waals surface area contributed by atoms with E-state index < -0.39 is 0 Å². The van der Waals surface area contributed by atoms with Gasteiger partial charge < -0.3 is 20.0 Å². The molecule has 136 valence electrons. The summed E-state index contributed by atoms with van der Waals surface area (Å²) >= 11 is 0. The number of nitriles is 1. The predicted octanol–water partition coefficient (Wildman–Crippen LogP) is 3.84. The molecule has 4 rings (SSSR count). The third-order valence-electron chi connectivity index (χ3n) is 4.78. The van der Waals surface area contributed by atoms with Gasteiger partial charge in [0, 0.05) is 43.1 Å². The van der Waals surface area contributed by atoms with E-state index in [4.69, 9.17) is 9.68 Å². The number of anilines is 2. The van der Waals surface area contributed by atoms with E-state index in [0.717, 1.165) is 49.0 Å². The number of rotatable bonds is 5. The summed E-state index contributed by atoms with van der Waals surface area (Å²) in [7, 11) is 0. The van der Waals surface area contributed by atoms with E-state index in [-0.39, 0.29) is 0 Å². The van der Waals surface area contributed by atoms with Crippen molar-refractivity contribution in [3.8, 4) is 17.4 Å². The van der Waals surface area contributed by atoms with E-state index in [9.17, 15) is 0 Å². The minimum absolute atomic E-state index is 0.628. The van der Waals surface area contributed by atoms with E-state index in [1.54, 1.807) is 12.1 Å². The monoisotopic (exact) mass is 358 g/mol. The number of nitrogens with zero attached hydrogens (tertiary/aromatic N) is 2. The quantitative estimate of drug-likeness (QED) is 0.725. The van der Waals surface area contributed by atoms with Crippen LogP contribution >= 0.6 is 0 Å². The minimum atomic E-state index is 0.628. The second-order valence-electron chi connectivity index (χ2n) is 6.59. The van der Waals surface area contributed by atoms with Crippen LogP contribution in [0.15, 0.2) is 65.1 Å². The maximum absolute atomic E-state index is 8.89. The van der Waals surface area contributed by atoms with E-state index in [2.05, 4.69) is 45.9 Å². The fourth-order valence-electron chi connectivity index (χ4n) is 3.24. The number of hydrogen-bond donors (Lipinski definition) is 2. The Hall–Kier alpha value is -3.23. The summed E-state index contributed by atoms with van der Waals surface area (Å²) in [5.74, 6) is 1.69. The summed E-state index contributed by atoms with van der Waals surface area (Å²) < 4.78 is 5.92. The summed E-state index contributed by atoms with van der Waals surface area (Å²) in [6, 6.07) is 22.0. The maximum atomic E-state index is 8.89. The van der Waals surface area contributed by atoms with Crippen LogP contribution in [-0.2, 0) is 6.54 Å². The molecule has 2 aromatic carbocycles. The first kappa shape index (κ1) is 17.2. The third kappa shape index (κ3) is 4.13. The molecule has 0 spiro atoms. The number of piperazine rings is 1. The molecule has 27 heavy (non-hydrogen) atoms. The molecule has 1 aliphatic rings. The Labute approximate surface area is 159 Å². The smallest absolute Gasteiger partial charge is 0.134 e. The van der Waals surface area contributed by atoms with Crippen molar-refractivity contribution in [3.63, 3.8) is 0 Å². The standard InChI is InChI=1S/C22H22N4O/c23-15-17-1-3-18(4-2-17)22-10-9-21(27-22)16-25-19-5-7-20(8-6-19)26-13-11-24-12-14-26/h1-10,24-25H,11-14,16H2. The summed E-state index contributed by atoms with van der Waals surface area (Å²) in [5, 5.41) is 15.7. The van der Waals surface area contributed by atoms with Crippen molar-refractivity contribution in [3.05, 3.63) is 72.0 Å². The van der Waals surface area contributed by atoms with Crippen LogP contribution in [0.3, 0.4) is 0 Å². The Morgan fingerprint density at radius 1 is 0.963 bits per heavy atom. The van der Waals surface area contributed by atoms with Crippen LogP contribution in [0.1, 0.15) is 11.3 Å². The predicted molar refractivity (Wildman–Crippen MR) is 108 cm³/mol. The number of hydrogen-bond acceptors (Lipinski definition) is 5. The Morgan fingerprint density at radius 2 is 1.70 bits per heavy atom. The van der Waals surface area contributed by atoms with Gasteiger partial charge in [0.05, 0.1) is 18.2 Å². The lowest BCUT2D eigenvalue weighted by Gasteiger charge is -2.29. The zero-order chi connectivity index (χ0) is 18.5. The molecule has 1 saturated heterocycles. The van der Waals surface area contributed by atoms with Crippen molar-refractivity contribution in [2.24, 2.45) is 0 Å². The summed E-state index contributed by atoms with van der Waals surface area (Å²) in [6.07, 6.45) is 0. The van der Waals surface area contributed by atoms with E-state index in [1.807, 2.05) is 24.3 Å². The van der Waals surface area contributed by atoms with Gasteiger partial charge in [0.1, 0.15) is 11.5 Å². The number of benzene rings is 2. The lowest BCUT2D eigenvalue weighted by Crippen LogP contribution is -2.43. The van der Waals surface area contributed by atoms with E-state index in [0.29, 0.717) is 12.1 Å². The third-order valence-corrected chi connectivity index (χ3v) is 4.78. The van der Waals surface area contributed by atoms with E-state index in [1.165, 1.54) is 5.69 Å². The zero-order valence-corrected chi connectivity index (χ0v) is 15.1. The number of furan rings is 1. The van der Waals surface area contributed by atoms with Crippen LogP contribution in [0, 0.1) is 11.3 Å². The molecule has 3 aromatic rings. The average Bonchev–Trinajstić information content (AvgIpc) is 3.22. The molecule has 1 aromatic heterocycles. The van der Waals surface area contributed by atoms with Gasteiger partial charge in [-0.25, -0.2) is 0 Å². The van der Waals surface area contributed by atoms with Gasteiger partial charge >= 0.3 is 0 Å². The Kier molecular flexibility index (Phi) is 5.08. The van der Waals surface area contributed by atoms with Crippen molar-refractivity contribution < 1.29 is 4.42 Å². The molecule has 0 bridgehead atoms. The minimum Gasteiger partial charge on any atom is -0.459 e. The van der Waals surface area contributed by atoms with Gasteiger partial charge in [0.25, 0.3) is 0 Å². The Bertz CT molecular complexity index is 916. The van der Waals surface area contributed by atoms with Crippen LogP contribution in [0.25, 0.3) is 11.3 Å². The maximum Gasteiger partial charge on any atom is 0.134 e. The highest BCUT2D eigenvalue weighted by atomic mass is 16.3. The molecular formula is C22H22N4O. The highest BCUT2D eigenvalue weighted by molar-refractivity contribution is 5.59. The van der Waals surface area contributed by atoms with Crippen molar-refractivity contribution >= 4 is 11.4 Å². The first-order valence-electron chi connectivity index (χ1n) is 9.21. The first-order chi connectivity index (χ1) is 13.3. The molecular weight excluding hydrogens is 336 g/mol. The SMILES string of the molecule is N#Cc1ccc(-c2ccc(CNc3ccc(N4CCNCC4)cc3)o2)cc1. The number of nitrogens with one attached hydrogen (secondary N) is 2. The molecule has 0 aliphatic carbocycles. The van der Waals surface area contributed by atoms with Gasteiger partial charge in [-0.1, -0.05) is 0 Å². The molecule has 0 radical (unpaired) electrons.